The molecule has 0 aliphatic rings. The van der Waals surface area contributed by atoms with Gasteiger partial charge in [-0.3, -0.25) is 4.79 Å². The molecule has 1 amide bonds. The summed E-state index contributed by atoms with van der Waals surface area (Å²) in [5.74, 6) is 0.0972. The molecule has 0 saturated heterocycles. The molecule has 1 rings (SSSR count). The highest BCUT2D eigenvalue weighted by Gasteiger charge is 2.05. The Bertz CT molecular complexity index is 351. The molecule has 0 aliphatic carbocycles. The SMILES string of the molecule is CCCCNC(=O)CNC(C)CCc1ccccc1. The van der Waals surface area contributed by atoms with E-state index in [2.05, 4.69) is 48.7 Å². The van der Waals surface area contributed by atoms with Crippen LogP contribution in [0.3, 0.4) is 0 Å². The van der Waals surface area contributed by atoms with Crippen LogP contribution in [0.25, 0.3) is 0 Å². The normalized spacial score (nSPS) is 12.1. The summed E-state index contributed by atoms with van der Waals surface area (Å²) < 4.78 is 0. The maximum Gasteiger partial charge on any atom is 0.233 e. The van der Waals surface area contributed by atoms with Crippen LogP contribution in [-0.4, -0.2) is 25.0 Å². The first-order valence-corrected chi connectivity index (χ1v) is 7.26. The van der Waals surface area contributed by atoms with Gasteiger partial charge in [0.05, 0.1) is 6.54 Å². The second-order valence-electron chi connectivity index (χ2n) is 5.01. The standard InChI is InChI=1S/C16H26N2O/c1-3-4-12-17-16(19)13-18-14(2)10-11-15-8-6-5-7-9-15/h5-9,14,18H,3-4,10-13H2,1-2H3,(H,17,19). The Morgan fingerprint density at radius 2 is 2.00 bits per heavy atom. The van der Waals surface area contributed by atoms with Crippen LogP contribution in [0.4, 0.5) is 0 Å². The molecule has 1 aromatic rings. The molecule has 0 spiro atoms. The third-order valence-electron chi connectivity index (χ3n) is 3.17. The number of nitrogens with one attached hydrogen (secondary N) is 2. The monoisotopic (exact) mass is 262 g/mol. The fourth-order valence-corrected chi connectivity index (χ4v) is 1.86. The van der Waals surface area contributed by atoms with Crippen LogP contribution in [0, 0.1) is 0 Å². The fraction of sp³-hybridized carbons (Fsp3) is 0.562. The van der Waals surface area contributed by atoms with Crippen LogP contribution in [-0.2, 0) is 11.2 Å². The van der Waals surface area contributed by atoms with E-state index in [1.807, 2.05) is 6.07 Å². The number of unbranched alkanes of at least 4 members (excludes halogenated alkanes) is 1. The Morgan fingerprint density at radius 3 is 2.68 bits per heavy atom. The van der Waals surface area contributed by atoms with Crippen LogP contribution in [0.2, 0.25) is 0 Å². The van der Waals surface area contributed by atoms with Crippen molar-refractivity contribution < 1.29 is 4.79 Å². The van der Waals surface area contributed by atoms with E-state index in [0.717, 1.165) is 32.2 Å². The maximum atomic E-state index is 11.5. The van der Waals surface area contributed by atoms with Crippen molar-refractivity contribution in [3.63, 3.8) is 0 Å². The van der Waals surface area contributed by atoms with Gasteiger partial charge in [0.15, 0.2) is 0 Å². The van der Waals surface area contributed by atoms with Gasteiger partial charge >= 0.3 is 0 Å². The molecule has 3 heteroatoms. The predicted octanol–water partition coefficient (Wildman–Crippen LogP) is 2.51. The zero-order chi connectivity index (χ0) is 13.9. The van der Waals surface area contributed by atoms with Crippen molar-refractivity contribution in [1.82, 2.24) is 10.6 Å². The second-order valence-corrected chi connectivity index (χ2v) is 5.01. The van der Waals surface area contributed by atoms with Gasteiger partial charge in [-0.25, -0.2) is 0 Å². The van der Waals surface area contributed by atoms with Crippen molar-refractivity contribution in [2.45, 2.75) is 45.6 Å². The smallest absolute Gasteiger partial charge is 0.233 e. The molecule has 106 valence electrons. The number of benzene rings is 1. The van der Waals surface area contributed by atoms with E-state index in [-0.39, 0.29) is 5.91 Å². The lowest BCUT2D eigenvalue weighted by molar-refractivity contribution is -0.120. The highest BCUT2D eigenvalue weighted by atomic mass is 16.1. The van der Waals surface area contributed by atoms with E-state index in [9.17, 15) is 4.79 Å². The quantitative estimate of drug-likeness (QED) is 0.671. The first-order valence-electron chi connectivity index (χ1n) is 7.26. The third kappa shape index (κ3) is 7.62. The number of carbonyl (C=O) groups excluding carboxylic acids is 1. The van der Waals surface area contributed by atoms with Crippen molar-refractivity contribution in [1.29, 1.82) is 0 Å². The molecule has 0 aromatic heterocycles. The highest BCUT2D eigenvalue weighted by Crippen LogP contribution is 2.04. The zero-order valence-corrected chi connectivity index (χ0v) is 12.1. The summed E-state index contributed by atoms with van der Waals surface area (Å²) in [6.45, 7) is 5.45. The minimum atomic E-state index is 0.0972. The number of hydrogen-bond acceptors (Lipinski definition) is 2. The second kappa shape index (κ2) is 9.56. The molecular formula is C16H26N2O. The molecule has 3 nitrogen and oxygen atoms in total. The van der Waals surface area contributed by atoms with E-state index in [1.54, 1.807) is 0 Å². The van der Waals surface area contributed by atoms with E-state index >= 15 is 0 Å². The van der Waals surface area contributed by atoms with Gasteiger partial charge in [-0.2, -0.15) is 0 Å². The van der Waals surface area contributed by atoms with Crippen molar-refractivity contribution in [3.05, 3.63) is 35.9 Å². The van der Waals surface area contributed by atoms with Crippen molar-refractivity contribution >= 4 is 5.91 Å². The van der Waals surface area contributed by atoms with Crippen LogP contribution in [0.5, 0.6) is 0 Å². The first-order chi connectivity index (χ1) is 9.22. The zero-order valence-electron chi connectivity index (χ0n) is 12.1. The molecule has 1 unspecified atom stereocenters. The molecule has 19 heavy (non-hydrogen) atoms. The predicted molar refractivity (Wildman–Crippen MR) is 80.1 cm³/mol. The average Bonchev–Trinajstić information content (AvgIpc) is 2.44. The maximum absolute atomic E-state index is 11.5. The van der Waals surface area contributed by atoms with E-state index in [0.29, 0.717) is 12.6 Å². The number of rotatable bonds is 9. The molecule has 0 saturated carbocycles. The van der Waals surface area contributed by atoms with Crippen LogP contribution in [0.1, 0.15) is 38.7 Å². The van der Waals surface area contributed by atoms with Gasteiger partial charge in [0, 0.05) is 12.6 Å². The minimum Gasteiger partial charge on any atom is -0.355 e. The first kappa shape index (κ1) is 15.7. The Kier molecular flexibility index (Phi) is 7.91. The summed E-state index contributed by atoms with van der Waals surface area (Å²) in [6, 6.07) is 10.8. The molecule has 0 radical (unpaired) electrons. The molecule has 2 N–H and O–H groups in total. The number of aryl methyl sites for hydroxylation is 1. The Balaban J connectivity index is 2.10. The number of hydrogen-bond donors (Lipinski definition) is 2. The number of carbonyl (C=O) groups is 1. The topological polar surface area (TPSA) is 41.1 Å². The van der Waals surface area contributed by atoms with Crippen molar-refractivity contribution in [3.8, 4) is 0 Å². The van der Waals surface area contributed by atoms with Crippen LogP contribution >= 0.6 is 0 Å². The van der Waals surface area contributed by atoms with E-state index in [1.165, 1.54) is 5.56 Å². The highest BCUT2D eigenvalue weighted by molar-refractivity contribution is 5.77. The van der Waals surface area contributed by atoms with Crippen LogP contribution < -0.4 is 10.6 Å². The summed E-state index contributed by atoms with van der Waals surface area (Å²) in [6.07, 6.45) is 4.26. The summed E-state index contributed by atoms with van der Waals surface area (Å²) in [5.41, 5.74) is 1.35. The molecule has 0 fully saturated rings. The van der Waals surface area contributed by atoms with Crippen molar-refractivity contribution in [2.24, 2.45) is 0 Å². The molecule has 1 aromatic carbocycles. The minimum absolute atomic E-state index is 0.0972. The van der Waals surface area contributed by atoms with Gasteiger partial charge in [-0.15, -0.1) is 0 Å². The lowest BCUT2D eigenvalue weighted by Gasteiger charge is -2.13. The van der Waals surface area contributed by atoms with Crippen molar-refractivity contribution in [2.75, 3.05) is 13.1 Å². The summed E-state index contributed by atoms with van der Waals surface area (Å²) in [5, 5.41) is 6.18. The fourth-order valence-electron chi connectivity index (χ4n) is 1.86. The summed E-state index contributed by atoms with van der Waals surface area (Å²) in [7, 11) is 0. The van der Waals surface area contributed by atoms with Gasteiger partial charge < -0.3 is 10.6 Å². The largest absolute Gasteiger partial charge is 0.355 e. The molecular weight excluding hydrogens is 236 g/mol. The van der Waals surface area contributed by atoms with Gasteiger partial charge in [-0.05, 0) is 31.7 Å². The third-order valence-corrected chi connectivity index (χ3v) is 3.17. The molecule has 0 heterocycles. The van der Waals surface area contributed by atoms with Crippen LogP contribution in [0.15, 0.2) is 30.3 Å². The van der Waals surface area contributed by atoms with E-state index < -0.39 is 0 Å². The van der Waals surface area contributed by atoms with E-state index in [4.69, 9.17) is 0 Å². The summed E-state index contributed by atoms with van der Waals surface area (Å²) >= 11 is 0. The van der Waals surface area contributed by atoms with Gasteiger partial charge in [0.1, 0.15) is 0 Å². The number of amides is 1. The average molecular weight is 262 g/mol. The lowest BCUT2D eigenvalue weighted by Crippen LogP contribution is -2.38. The van der Waals surface area contributed by atoms with Gasteiger partial charge in [-0.1, -0.05) is 43.7 Å². The Morgan fingerprint density at radius 1 is 1.26 bits per heavy atom. The van der Waals surface area contributed by atoms with Gasteiger partial charge in [0.2, 0.25) is 5.91 Å². The molecule has 0 bridgehead atoms. The van der Waals surface area contributed by atoms with Gasteiger partial charge in [0.25, 0.3) is 0 Å². The lowest BCUT2D eigenvalue weighted by atomic mass is 10.1. The Hall–Kier alpha value is -1.35. The molecule has 0 aliphatic heterocycles. The molecule has 1 atom stereocenters. The summed E-state index contributed by atoms with van der Waals surface area (Å²) in [4.78, 5) is 11.5. The Labute approximate surface area is 116 Å².